The molecule has 2 rings (SSSR count). The summed E-state index contributed by atoms with van der Waals surface area (Å²) in [7, 11) is 0. The number of carbonyl (C=O) groups is 1. The Kier molecular flexibility index (Phi) is 5.13. The summed E-state index contributed by atoms with van der Waals surface area (Å²) in [6.45, 7) is 4.29. The molecule has 0 aliphatic carbocycles. The van der Waals surface area contributed by atoms with Gasteiger partial charge in [-0.25, -0.2) is 0 Å². The van der Waals surface area contributed by atoms with Crippen molar-refractivity contribution in [1.29, 1.82) is 0 Å². The molecule has 0 saturated carbocycles. The highest BCUT2D eigenvalue weighted by Gasteiger charge is 2.08. The fourth-order valence-corrected chi connectivity index (χ4v) is 2.11. The molecule has 0 fully saturated rings. The molecule has 102 valence electrons. The van der Waals surface area contributed by atoms with Crippen LogP contribution in [0.3, 0.4) is 0 Å². The molecule has 0 aromatic heterocycles. The highest BCUT2D eigenvalue weighted by atomic mass is 16.5. The Morgan fingerprint density at radius 3 is 2.55 bits per heavy atom. The van der Waals surface area contributed by atoms with Crippen molar-refractivity contribution in [1.82, 2.24) is 0 Å². The second-order valence-corrected chi connectivity index (χ2v) is 4.53. The van der Waals surface area contributed by atoms with E-state index >= 15 is 0 Å². The highest BCUT2D eigenvalue weighted by Crippen LogP contribution is 2.24. The molecule has 0 atom stereocenters. The van der Waals surface area contributed by atoms with E-state index in [1.54, 1.807) is 6.07 Å². The minimum absolute atomic E-state index is 0.555. The number of benzene rings is 2. The largest absolute Gasteiger partial charge is 0.492 e. The van der Waals surface area contributed by atoms with Gasteiger partial charge in [0.05, 0.1) is 12.2 Å². The molecule has 2 aromatic rings. The maximum atomic E-state index is 11.1. The molecular weight excluding hydrogens is 248 g/mol. The van der Waals surface area contributed by atoms with Gasteiger partial charge >= 0.3 is 0 Å². The lowest BCUT2D eigenvalue weighted by Crippen LogP contribution is -2.05. The van der Waals surface area contributed by atoms with E-state index in [1.165, 1.54) is 5.56 Å². The molecule has 0 spiro atoms. The molecule has 2 aromatic carbocycles. The fraction of sp³-hybridized carbons (Fsp3) is 0.167. The number of hydrogen-bond acceptors (Lipinski definition) is 2. The van der Waals surface area contributed by atoms with Crippen LogP contribution >= 0.6 is 0 Å². The number of aldehydes is 1. The van der Waals surface area contributed by atoms with Crippen LogP contribution in [0.5, 0.6) is 5.75 Å². The van der Waals surface area contributed by atoms with Crippen LogP contribution < -0.4 is 4.74 Å². The third kappa shape index (κ3) is 3.58. The number of ether oxygens (including phenoxy) is 1. The van der Waals surface area contributed by atoms with Gasteiger partial charge in [0.2, 0.25) is 0 Å². The first kappa shape index (κ1) is 14.1. The maximum Gasteiger partial charge on any atom is 0.153 e. The van der Waals surface area contributed by atoms with Crippen LogP contribution in [-0.4, -0.2) is 12.9 Å². The van der Waals surface area contributed by atoms with Crippen LogP contribution in [0.25, 0.3) is 0 Å². The van der Waals surface area contributed by atoms with Crippen molar-refractivity contribution >= 4 is 6.29 Å². The van der Waals surface area contributed by atoms with Gasteiger partial charge in [-0.2, -0.15) is 0 Å². The summed E-state index contributed by atoms with van der Waals surface area (Å²) in [5, 5.41) is 0. The zero-order valence-electron chi connectivity index (χ0n) is 11.4. The van der Waals surface area contributed by atoms with E-state index in [0.29, 0.717) is 24.3 Å². The predicted molar refractivity (Wildman–Crippen MR) is 81.4 cm³/mol. The van der Waals surface area contributed by atoms with Crippen molar-refractivity contribution in [3.63, 3.8) is 0 Å². The van der Waals surface area contributed by atoms with Crippen LogP contribution in [0.2, 0.25) is 0 Å². The molecule has 2 nitrogen and oxygen atoms in total. The Morgan fingerprint density at radius 1 is 1.05 bits per heavy atom. The molecule has 0 bridgehead atoms. The van der Waals surface area contributed by atoms with E-state index in [4.69, 9.17) is 4.74 Å². The molecule has 0 aliphatic rings. The van der Waals surface area contributed by atoms with Gasteiger partial charge in [-0.15, -0.1) is 6.58 Å². The van der Waals surface area contributed by atoms with Crippen molar-refractivity contribution < 1.29 is 9.53 Å². The Morgan fingerprint density at radius 2 is 1.85 bits per heavy atom. The zero-order chi connectivity index (χ0) is 14.2. The quantitative estimate of drug-likeness (QED) is 0.562. The third-order valence-corrected chi connectivity index (χ3v) is 3.10. The Balaban J connectivity index is 2.07. The number of carbonyl (C=O) groups excluding carboxylic acids is 1. The fourth-order valence-electron chi connectivity index (χ4n) is 2.11. The van der Waals surface area contributed by atoms with E-state index in [2.05, 4.69) is 18.7 Å². The Hall–Kier alpha value is -2.35. The van der Waals surface area contributed by atoms with Crippen molar-refractivity contribution in [2.24, 2.45) is 0 Å². The Labute approximate surface area is 119 Å². The number of rotatable bonds is 7. The lowest BCUT2D eigenvalue weighted by molar-refractivity contribution is 0.111. The molecular formula is C18H18O2. The standard InChI is InChI=1S/C18H18O2/c1-2-7-16-10-6-11-17(14-19)18(16)20-13-12-15-8-4-3-5-9-15/h2-6,8-11,14H,1,7,12-13H2. The molecule has 0 amide bonds. The molecule has 0 saturated heterocycles. The van der Waals surface area contributed by atoms with Crippen LogP contribution in [0, 0.1) is 0 Å². The average molecular weight is 266 g/mol. The van der Waals surface area contributed by atoms with E-state index in [1.807, 2.05) is 36.4 Å². The van der Waals surface area contributed by atoms with Gasteiger partial charge in [-0.05, 0) is 23.6 Å². The van der Waals surface area contributed by atoms with Crippen LogP contribution in [0.1, 0.15) is 21.5 Å². The summed E-state index contributed by atoms with van der Waals surface area (Å²) in [4.78, 5) is 11.1. The lowest BCUT2D eigenvalue weighted by atomic mass is 10.1. The van der Waals surface area contributed by atoms with E-state index in [9.17, 15) is 4.79 Å². The molecule has 0 N–H and O–H groups in total. The number of hydrogen-bond donors (Lipinski definition) is 0. The predicted octanol–water partition coefficient (Wildman–Crippen LogP) is 3.85. The van der Waals surface area contributed by atoms with E-state index in [-0.39, 0.29) is 0 Å². The number of allylic oxidation sites excluding steroid dienone is 1. The van der Waals surface area contributed by atoms with Crippen LogP contribution in [0.4, 0.5) is 0 Å². The topological polar surface area (TPSA) is 26.3 Å². The average Bonchev–Trinajstić information content (AvgIpc) is 2.50. The molecule has 0 unspecified atom stereocenters. The van der Waals surface area contributed by atoms with Gasteiger partial charge in [-0.3, -0.25) is 4.79 Å². The normalized spacial score (nSPS) is 10.0. The van der Waals surface area contributed by atoms with Gasteiger partial charge in [0.1, 0.15) is 5.75 Å². The minimum atomic E-state index is 0.555. The molecule has 20 heavy (non-hydrogen) atoms. The summed E-state index contributed by atoms with van der Waals surface area (Å²) in [6.07, 6.45) is 4.17. The van der Waals surface area contributed by atoms with Crippen LogP contribution in [0.15, 0.2) is 61.2 Å². The smallest absolute Gasteiger partial charge is 0.153 e. The number of para-hydroxylation sites is 1. The van der Waals surface area contributed by atoms with Gasteiger partial charge in [0.25, 0.3) is 0 Å². The third-order valence-electron chi connectivity index (χ3n) is 3.10. The summed E-state index contributed by atoms with van der Waals surface area (Å²) in [5.41, 5.74) is 2.82. The SMILES string of the molecule is C=CCc1cccc(C=O)c1OCCc1ccccc1. The molecule has 0 heterocycles. The minimum Gasteiger partial charge on any atom is -0.492 e. The van der Waals surface area contributed by atoms with Crippen molar-refractivity contribution in [3.05, 3.63) is 77.9 Å². The highest BCUT2D eigenvalue weighted by molar-refractivity contribution is 5.80. The second-order valence-electron chi connectivity index (χ2n) is 4.53. The first-order valence-corrected chi connectivity index (χ1v) is 6.70. The van der Waals surface area contributed by atoms with Gasteiger partial charge < -0.3 is 4.74 Å². The second kappa shape index (κ2) is 7.29. The first-order chi connectivity index (χ1) is 9.85. The first-order valence-electron chi connectivity index (χ1n) is 6.70. The summed E-state index contributed by atoms with van der Waals surface area (Å²) in [5.74, 6) is 0.679. The van der Waals surface area contributed by atoms with Crippen molar-refractivity contribution in [2.45, 2.75) is 12.8 Å². The van der Waals surface area contributed by atoms with Gasteiger partial charge in [-0.1, -0.05) is 48.5 Å². The van der Waals surface area contributed by atoms with Crippen molar-refractivity contribution in [3.8, 4) is 5.75 Å². The van der Waals surface area contributed by atoms with Crippen LogP contribution in [-0.2, 0) is 12.8 Å². The van der Waals surface area contributed by atoms with E-state index in [0.717, 1.165) is 18.3 Å². The monoisotopic (exact) mass is 266 g/mol. The van der Waals surface area contributed by atoms with Gasteiger partial charge in [0.15, 0.2) is 6.29 Å². The lowest BCUT2D eigenvalue weighted by Gasteiger charge is -2.12. The molecule has 2 heteroatoms. The summed E-state index contributed by atoms with van der Waals surface area (Å²) >= 11 is 0. The summed E-state index contributed by atoms with van der Waals surface area (Å²) < 4.78 is 5.84. The van der Waals surface area contributed by atoms with E-state index < -0.39 is 0 Å². The van der Waals surface area contributed by atoms with Crippen molar-refractivity contribution in [2.75, 3.05) is 6.61 Å². The zero-order valence-corrected chi connectivity index (χ0v) is 11.4. The Bertz CT molecular complexity index is 573. The summed E-state index contributed by atoms with van der Waals surface area (Å²) in [6, 6.07) is 15.8. The molecule has 0 radical (unpaired) electrons. The maximum absolute atomic E-state index is 11.1. The molecule has 0 aliphatic heterocycles. The van der Waals surface area contributed by atoms with Gasteiger partial charge in [0, 0.05) is 6.42 Å².